The van der Waals surface area contributed by atoms with Crippen molar-refractivity contribution in [3.8, 4) is 0 Å². The lowest BCUT2D eigenvalue weighted by atomic mass is 10.1. The second-order valence-electron chi connectivity index (χ2n) is 4.49. The number of benzene rings is 1. The van der Waals surface area contributed by atoms with Crippen molar-refractivity contribution in [3.63, 3.8) is 0 Å². The van der Waals surface area contributed by atoms with Gasteiger partial charge in [-0.25, -0.2) is 4.79 Å². The molecule has 0 fully saturated rings. The van der Waals surface area contributed by atoms with Crippen LogP contribution in [0, 0.1) is 5.92 Å². The fourth-order valence-electron chi connectivity index (χ4n) is 1.43. The van der Waals surface area contributed by atoms with Crippen LogP contribution in [0.4, 0.5) is 0 Å². The van der Waals surface area contributed by atoms with E-state index in [2.05, 4.69) is 5.16 Å². The Labute approximate surface area is 107 Å². The van der Waals surface area contributed by atoms with Crippen molar-refractivity contribution in [2.45, 2.75) is 26.3 Å². The van der Waals surface area contributed by atoms with Crippen molar-refractivity contribution in [1.29, 1.82) is 0 Å². The van der Waals surface area contributed by atoms with Crippen LogP contribution in [0.3, 0.4) is 0 Å². The molecule has 1 aromatic carbocycles. The molecule has 18 heavy (non-hydrogen) atoms. The van der Waals surface area contributed by atoms with Crippen LogP contribution < -0.4 is 11.5 Å². The molecule has 1 rings (SSSR count). The molecule has 0 aliphatic heterocycles. The number of hydrogen-bond donors (Lipinski definition) is 2. The molecule has 0 aliphatic rings. The van der Waals surface area contributed by atoms with Crippen LogP contribution in [0.1, 0.15) is 25.8 Å². The van der Waals surface area contributed by atoms with Crippen LogP contribution in [0.5, 0.6) is 0 Å². The first-order valence-electron chi connectivity index (χ1n) is 5.86. The van der Waals surface area contributed by atoms with Gasteiger partial charge in [0, 0.05) is 5.56 Å². The molecule has 5 heteroatoms. The normalized spacial score (nSPS) is 13.4. The first-order chi connectivity index (χ1) is 8.50. The number of carbonyl (C=O) groups excluding carboxylic acids is 1. The molecule has 0 spiro atoms. The van der Waals surface area contributed by atoms with Crippen molar-refractivity contribution in [3.05, 3.63) is 35.9 Å². The average Bonchev–Trinajstić information content (AvgIpc) is 2.35. The summed E-state index contributed by atoms with van der Waals surface area (Å²) in [5.74, 6) is -0.0914. The number of nitrogens with two attached hydrogens (primary N) is 2. The molecular weight excluding hydrogens is 230 g/mol. The molecule has 4 N–H and O–H groups in total. The van der Waals surface area contributed by atoms with E-state index in [-0.39, 0.29) is 5.84 Å². The SMILES string of the molecule is CC(C)C[C@H](N)C(=O)ON=C(N)c1ccccc1. The summed E-state index contributed by atoms with van der Waals surface area (Å²) in [6.45, 7) is 3.96. The largest absolute Gasteiger partial charge is 0.380 e. The van der Waals surface area contributed by atoms with E-state index in [0.29, 0.717) is 17.9 Å². The predicted octanol–water partition coefficient (Wildman–Crippen LogP) is 1.22. The van der Waals surface area contributed by atoms with Gasteiger partial charge in [-0.15, -0.1) is 0 Å². The smallest absolute Gasteiger partial charge is 0.351 e. The van der Waals surface area contributed by atoms with Gasteiger partial charge in [0.25, 0.3) is 0 Å². The maximum absolute atomic E-state index is 11.5. The van der Waals surface area contributed by atoms with Crippen molar-refractivity contribution < 1.29 is 9.63 Å². The maximum Gasteiger partial charge on any atom is 0.351 e. The topological polar surface area (TPSA) is 90.7 Å². The summed E-state index contributed by atoms with van der Waals surface area (Å²) in [5, 5.41) is 3.59. The van der Waals surface area contributed by atoms with E-state index in [1.165, 1.54) is 0 Å². The molecular formula is C13H19N3O2. The lowest BCUT2D eigenvalue weighted by molar-refractivity contribution is -0.145. The predicted molar refractivity (Wildman–Crippen MR) is 70.7 cm³/mol. The zero-order valence-electron chi connectivity index (χ0n) is 10.7. The molecule has 0 bridgehead atoms. The number of nitrogens with zero attached hydrogens (tertiary/aromatic N) is 1. The summed E-state index contributed by atoms with van der Waals surface area (Å²) in [4.78, 5) is 16.2. The molecule has 0 aromatic heterocycles. The molecule has 1 atom stereocenters. The van der Waals surface area contributed by atoms with Gasteiger partial charge >= 0.3 is 5.97 Å². The van der Waals surface area contributed by atoms with Crippen molar-refractivity contribution in [2.24, 2.45) is 22.5 Å². The molecule has 0 radical (unpaired) electrons. The summed E-state index contributed by atoms with van der Waals surface area (Å²) in [6.07, 6.45) is 0.555. The minimum atomic E-state index is -0.669. The lowest BCUT2D eigenvalue weighted by Crippen LogP contribution is -2.33. The summed E-state index contributed by atoms with van der Waals surface area (Å²) >= 11 is 0. The van der Waals surface area contributed by atoms with E-state index < -0.39 is 12.0 Å². The highest BCUT2D eigenvalue weighted by Gasteiger charge is 2.17. The van der Waals surface area contributed by atoms with E-state index in [1.807, 2.05) is 32.0 Å². The van der Waals surface area contributed by atoms with Gasteiger partial charge in [0.15, 0.2) is 5.84 Å². The zero-order chi connectivity index (χ0) is 13.5. The highest BCUT2D eigenvalue weighted by Crippen LogP contribution is 2.04. The number of rotatable bonds is 5. The van der Waals surface area contributed by atoms with Gasteiger partial charge in [-0.2, -0.15) is 0 Å². The highest BCUT2D eigenvalue weighted by molar-refractivity contribution is 5.97. The Hall–Kier alpha value is -1.88. The summed E-state index contributed by atoms with van der Waals surface area (Å²) in [6, 6.07) is 8.40. The summed E-state index contributed by atoms with van der Waals surface area (Å²) in [7, 11) is 0. The first kappa shape index (κ1) is 14.2. The lowest BCUT2D eigenvalue weighted by Gasteiger charge is -2.10. The van der Waals surface area contributed by atoms with Crippen molar-refractivity contribution >= 4 is 11.8 Å². The Morgan fingerprint density at radius 1 is 1.33 bits per heavy atom. The van der Waals surface area contributed by atoms with Gasteiger partial charge in [-0.1, -0.05) is 49.3 Å². The minimum Gasteiger partial charge on any atom is -0.380 e. The molecule has 0 amide bonds. The highest BCUT2D eigenvalue weighted by atomic mass is 16.7. The van der Waals surface area contributed by atoms with Crippen LogP contribution >= 0.6 is 0 Å². The van der Waals surface area contributed by atoms with Gasteiger partial charge in [-0.3, -0.25) is 0 Å². The zero-order valence-corrected chi connectivity index (χ0v) is 10.7. The van der Waals surface area contributed by atoms with Crippen LogP contribution in [0.15, 0.2) is 35.5 Å². The Morgan fingerprint density at radius 2 is 1.94 bits per heavy atom. The number of hydrogen-bond acceptors (Lipinski definition) is 4. The van der Waals surface area contributed by atoms with Gasteiger partial charge in [0.1, 0.15) is 6.04 Å². The van der Waals surface area contributed by atoms with Gasteiger partial charge in [-0.05, 0) is 12.3 Å². The number of carbonyl (C=O) groups is 1. The van der Waals surface area contributed by atoms with Gasteiger partial charge < -0.3 is 16.3 Å². The molecule has 5 nitrogen and oxygen atoms in total. The Balaban J connectivity index is 2.56. The van der Waals surface area contributed by atoms with E-state index in [0.717, 1.165) is 0 Å². The molecule has 0 unspecified atom stereocenters. The molecule has 0 saturated carbocycles. The third-order valence-electron chi connectivity index (χ3n) is 2.33. The van der Waals surface area contributed by atoms with Crippen LogP contribution in [0.25, 0.3) is 0 Å². The number of amidine groups is 1. The second-order valence-corrected chi connectivity index (χ2v) is 4.49. The van der Waals surface area contributed by atoms with Crippen molar-refractivity contribution in [2.75, 3.05) is 0 Å². The van der Waals surface area contributed by atoms with E-state index in [1.54, 1.807) is 12.1 Å². The first-order valence-corrected chi connectivity index (χ1v) is 5.86. The molecule has 98 valence electrons. The van der Waals surface area contributed by atoms with Crippen LogP contribution in [-0.2, 0) is 9.63 Å². The standard InChI is InChI=1S/C13H19N3O2/c1-9(2)8-11(14)13(17)18-16-12(15)10-6-4-3-5-7-10/h3-7,9,11H,8,14H2,1-2H3,(H2,15,16)/t11-/m0/s1. The summed E-state index contributed by atoms with van der Waals surface area (Å²) < 4.78 is 0. The van der Waals surface area contributed by atoms with Crippen molar-refractivity contribution in [1.82, 2.24) is 0 Å². The van der Waals surface area contributed by atoms with Crippen LogP contribution in [0.2, 0.25) is 0 Å². The maximum atomic E-state index is 11.5. The summed E-state index contributed by atoms with van der Waals surface area (Å²) in [5.41, 5.74) is 12.0. The fourth-order valence-corrected chi connectivity index (χ4v) is 1.43. The fraction of sp³-hybridized carbons (Fsp3) is 0.385. The van der Waals surface area contributed by atoms with Gasteiger partial charge in [0.05, 0.1) is 0 Å². The molecule has 0 aliphatic carbocycles. The average molecular weight is 249 g/mol. The number of oxime groups is 1. The van der Waals surface area contributed by atoms with Crippen LogP contribution in [-0.4, -0.2) is 17.8 Å². The Bertz CT molecular complexity index is 416. The molecule has 0 saturated heterocycles. The van der Waals surface area contributed by atoms with E-state index in [4.69, 9.17) is 16.3 Å². The molecule has 1 aromatic rings. The Morgan fingerprint density at radius 3 is 2.50 bits per heavy atom. The van der Waals surface area contributed by atoms with E-state index in [9.17, 15) is 4.79 Å². The third-order valence-corrected chi connectivity index (χ3v) is 2.33. The monoisotopic (exact) mass is 249 g/mol. The van der Waals surface area contributed by atoms with E-state index >= 15 is 0 Å². The Kier molecular flexibility index (Phi) is 5.32. The van der Waals surface area contributed by atoms with Gasteiger partial charge in [0.2, 0.25) is 0 Å². The molecule has 0 heterocycles. The second kappa shape index (κ2) is 6.76. The minimum absolute atomic E-state index is 0.153. The third kappa shape index (κ3) is 4.55. The quantitative estimate of drug-likeness (QED) is 0.355.